The maximum atomic E-state index is 12.5. The van der Waals surface area contributed by atoms with E-state index in [-0.39, 0.29) is 0 Å². The fourth-order valence-corrected chi connectivity index (χ4v) is 3.56. The molecule has 1 aromatic rings. The van der Waals surface area contributed by atoms with Gasteiger partial charge in [-0.25, -0.2) is 12.7 Å². The molecule has 0 spiro atoms. The predicted octanol–water partition coefficient (Wildman–Crippen LogP) is 2.22. The Kier molecular flexibility index (Phi) is 4.83. The predicted molar refractivity (Wildman–Crippen MR) is 81.0 cm³/mol. The molecular weight excluding hydrogens is 272 g/mol. The highest BCUT2D eigenvalue weighted by molar-refractivity contribution is 7.89. The summed E-state index contributed by atoms with van der Waals surface area (Å²) in [5.74, 6) is 0.314. The Hall–Kier alpha value is -0.910. The molecule has 0 aromatic heterocycles. The van der Waals surface area contributed by atoms with Gasteiger partial charge in [-0.05, 0) is 36.5 Å². The van der Waals surface area contributed by atoms with Gasteiger partial charge in [-0.2, -0.15) is 0 Å². The van der Waals surface area contributed by atoms with Crippen molar-refractivity contribution in [2.75, 3.05) is 13.6 Å². The minimum absolute atomic E-state index is 0.314. The van der Waals surface area contributed by atoms with Gasteiger partial charge in [0.2, 0.25) is 10.0 Å². The van der Waals surface area contributed by atoms with E-state index in [0.717, 1.165) is 12.1 Å². The molecule has 1 aliphatic rings. The van der Waals surface area contributed by atoms with Crippen molar-refractivity contribution in [3.05, 3.63) is 29.8 Å². The largest absolute Gasteiger partial charge is 0.310 e. The number of hydrogen-bond acceptors (Lipinski definition) is 3. The van der Waals surface area contributed by atoms with Gasteiger partial charge in [0, 0.05) is 26.2 Å². The Morgan fingerprint density at radius 3 is 2.65 bits per heavy atom. The highest BCUT2D eigenvalue weighted by Gasteiger charge is 2.22. The van der Waals surface area contributed by atoms with Crippen molar-refractivity contribution < 1.29 is 8.42 Å². The molecule has 0 saturated heterocycles. The Morgan fingerprint density at radius 1 is 1.35 bits per heavy atom. The first-order valence-corrected chi connectivity index (χ1v) is 8.62. The summed E-state index contributed by atoms with van der Waals surface area (Å²) in [6.07, 6.45) is 2.46. The van der Waals surface area contributed by atoms with E-state index in [4.69, 9.17) is 0 Å². The quantitative estimate of drug-likeness (QED) is 0.839. The Labute approximate surface area is 122 Å². The molecule has 1 aromatic carbocycles. The Bertz CT molecular complexity index is 551. The number of rotatable bonds is 7. The number of benzene rings is 1. The monoisotopic (exact) mass is 296 g/mol. The molecule has 0 radical (unpaired) electrons. The molecule has 1 saturated carbocycles. The molecule has 1 fully saturated rings. The zero-order valence-corrected chi connectivity index (χ0v) is 13.3. The lowest BCUT2D eigenvalue weighted by atomic mass is 10.2. The lowest BCUT2D eigenvalue weighted by Crippen LogP contribution is -2.30. The van der Waals surface area contributed by atoms with Crippen LogP contribution in [0.3, 0.4) is 0 Å². The molecule has 0 amide bonds. The molecule has 0 unspecified atom stereocenters. The van der Waals surface area contributed by atoms with Gasteiger partial charge >= 0.3 is 0 Å². The average molecular weight is 296 g/mol. The van der Waals surface area contributed by atoms with Crippen LogP contribution in [0.5, 0.6) is 0 Å². The van der Waals surface area contributed by atoms with Crippen LogP contribution in [0.1, 0.15) is 32.3 Å². The Morgan fingerprint density at radius 2 is 2.05 bits per heavy atom. The van der Waals surface area contributed by atoms with Gasteiger partial charge in [-0.1, -0.05) is 26.0 Å². The second-order valence-corrected chi connectivity index (χ2v) is 8.03. The number of sulfonamides is 1. The summed E-state index contributed by atoms with van der Waals surface area (Å²) in [5.41, 5.74) is 1.02. The van der Waals surface area contributed by atoms with E-state index < -0.39 is 10.0 Å². The molecule has 0 heterocycles. The van der Waals surface area contributed by atoms with E-state index in [2.05, 4.69) is 5.32 Å². The normalized spacial score (nSPS) is 16.1. The van der Waals surface area contributed by atoms with Gasteiger partial charge in [0.25, 0.3) is 0 Å². The number of nitrogens with one attached hydrogen (secondary N) is 1. The first-order chi connectivity index (χ1) is 9.39. The topological polar surface area (TPSA) is 49.4 Å². The second-order valence-electron chi connectivity index (χ2n) is 5.98. The Balaban J connectivity index is 2.11. The SMILES string of the molecule is CC(C)CN(C)S(=O)(=O)c1cccc(CNC2CC2)c1. The van der Waals surface area contributed by atoms with Crippen LogP contribution in [0.4, 0.5) is 0 Å². The number of hydrogen-bond donors (Lipinski definition) is 1. The summed E-state index contributed by atoms with van der Waals surface area (Å²) in [6.45, 7) is 5.30. The highest BCUT2D eigenvalue weighted by atomic mass is 32.2. The van der Waals surface area contributed by atoms with Crippen LogP contribution in [0.2, 0.25) is 0 Å². The van der Waals surface area contributed by atoms with Crippen molar-refractivity contribution >= 4 is 10.0 Å². The third-order valence-electron chi connectivity index (χ3n) is 3.40. The molecule has 0 atom stereocenters. The van der Waals surface area contributed by atoms with E-state index >= 15 is 0 Å². The van der Waals surface area contributed by atoms with E-state index in [9.17, 15) is 8.42 Å². The van der Waals surface area contributed by atoms with Crippen molar-refractivity contribution in [1.29, 1.82) is 0 Å². The van der Waals surface area contributed by atoms with Gasteiger partial charge in [-0.3, -0.25) is 0 Å². The van der Waals surface area contributed by atoms with E-state index in [0.29, 0.717) is 23.4 Å². The van der Waals surface area contributed by atoms with Gasteiger partial charge in [-0.15, -0.1) is 0 Å². The van der Waals surface area contributed by atoms with Gasteiger partial charge in [0.15, 0.2) is 0 Å². The molecule has 4 nitrogen and oxygen atoms in total. The summed E-state index contributed by atoms with van der Waals surface area (Å²) >= 11 is 0. The van der Waals surface area contributed by atoms with Gasteiger partial charge < -0.3 is 5.32 Å². The molecule has 1 aliphatic carbocycles. The fraction of sp³-hybridized carbons (Fsp3) is 0.600. The van der Waals surface area contributed by atoms with Gasteiger partial charge in [0.1, 0.15) is 0 Å². The molecule has 20 heavy (non-hydrogen) atoms. The molecule has 112 valence electrons. The lowest BCUT2D eigenvalue weighted by molar-refractivity contribution is 0.417. The van der Waals surface area contributed by atoms with Crippen molar-refractivity contribution in [2.24, 2.45) is 5.92 Å². The number of nitrogens with zero attached hydrogens (tertiary/aromatic N) is 1. The fourth-order valence-electron chi connectivity index (χ4n) is 2.16. The molecule has 1 N–H and O–H groups in total. The second kappa shape index (κ2) is 6.24. The molecule has 5 heteroatoms. The van der Waals surface area contributed by atoms with Crippen molar-refractivity contribution in [3.63, 3.8) is 0 Å². The summed E-state index contributed by atoms with van der Waals surface area (Å²) in [4.78, 5) is 0.385. The van der Waals surface area contributed by atoms with Crippen LogP contribution in [0, 0.1) is 5.92 Å². The van der Waals surface area contributed by atoms with E-state index in [1.165, 1.54) is 17.1 Å². The van der Waals surface area contributed by atoms with Crippen LogP contribution in [-0.2, 0) is 16.6 Å². The van der Waals surface area contributed by atoms with Gasteiger partial charge in [0.05, 0.1) is 4.90 Å². The summed E-state index contributed by atoms with van der Waals surface area (Å²) < 4.78 is 26.4. The first-order valence-electron chi connectivity index (χ1n) is 7.18. The van der Waals surface area contributed by atoms with Crippen LogP contribution < -0.4 is 5.32 Å². The minimum atomic E-state index is -3.37. The third kappa shape index (κ3) is 4.04. The van der Waals surface area contributed by atoms with Crippen LogP contribution in [-0.4, -0.2) is 32.4 Å². The standard InChI is InChI=1S/C15H24N2O2S/c1-12(2)11-17(3)20(18,19)15-6-4-5-13(9-15)10-16-14-7-8-14/h4-6,9,12,14,16H,7-8,10-11H2,1-3H3. The zero-order valence-electron chi connectivity index (χ0n) is 12.5. The van der Waals surface area contributed by atoms with E-state index in [1.807, 2.05) is 26.0 Å². The summed E-state index contributed by atoms with van der Waals surface area (Å²) in [6, 6.07) is 7.87. The van der Waals surface area contributed by atoms with Crippen molar-refractivity contribution in [1.82, 2.24) is 9.62 Å². The minimum Gasteiger partial charge on any atom is -0.310 e. The van der Waals surface area contributed by atoms with Crippen LogP contribution in [0.15, 0.2) is 29.2 Å². The maximum Gasteiger partial charge on any atom is 0.242 e. The lowest BCUT2D eigenvalue weighted by Gasteiger charge is -2.19. The molecular formula is C15H24N2O2S. The van der Waals surface area contributed by atoms with Crippen LogP contribution >= 0.6 is 0 Å². The van der Waals surface area contributed by atoms with Crippen LogP contribution in [0.25, 0.3) is 0 Å². The van der Waals surface area contributed by atoms with Crippen molar-refractivity contribution in [2.45, 2.75) is 44.2 Å². The molecule has 2 rings (SSSR count). The summed E-state index contributed by atoms with van der Waals surface area (Å²) in [7, 11) is -1.73. The maximum absolute atomic E-state index is 12.5. The summed E-state index contributed by atoms with van der Waals surface area (Å²) in [5, 5.41) is 3.40. The average Bonchev–Trinajstić information content (AvgIpc) is 3.20. The molecule has 0 aliphatic heterocycles. The molecule has 0 bridgehead atoms. The smallest absolute Gasteiger partial charge is 0.242 e. The highest BCUT2D eigenvalue weighted by Crippen LogP contribution is 2.21. The van der Waals surface area contributed by atoms with E-state index in [1.54, 1.807) is 19.2 Å². The van der Waals surface area contributed by atoms with Crippen molar-refractivity contribution in [3.8, 4) is 0 Å². The first kappa shape index (κ1) is 15.5. The third-order valence-corrected chi connectivity index (χ3v) is 5.22. The zero-order chi connectivity index (χ0) is 14.8.